The van der Waals surface area contributed by atoms with Crippen molar-refractivity contribution >= 4 is 16.7 Å². The molecule has 4 nitrogen and oxygen atoms in total. The highest BCUT2D eigenvalue weighted by Crippen LogP contribution is 2.31. The number of nitrogens with zero attached hydrogens (tertiary/aromatic N) is 3. The van der Waals surface area contributed by atoms with Gasteiger partial charge in [0.05, 0.1) is 5.52 Å². The number of fused-ring (bicyclic) bond motifs is 1. The van der Waals surface area contributed by atoms with Gasteiger partial charge in [-0.25, -0.2) is 9.97 Å². The lowest BCUT2D eigenvalue weighted by molar-refractivity contribution is -0.141. The van der Waals surface area contributed by atoms with E-state index in [2.05, 4.69) is 26.3 Å². The predicted molar refractivity (Wildman–Crippen MR) is 107 cm³/mol. The van der Waals surface area contributed by atoms with Crippen LogP contribution in [0, 0.1) is 6.92 Å². The SMILES string of the molecule is CNc1nc(-c2ccc(C(F)(F)F)nc2)nc2ccc(-c3cccc(C)c3)cc12. The zero-order chi connectivity index (χ0) is 20.6. The third-order valence-electron chi connectivity index (χ3n) is 4.60. The molecule has 7 heteroatoms. The third-order valence-corrected chi connectivity index (χ3v) is 4.60. The Kier molecular flexibility index (Phi) is 4.66. The van der Waals surface area contributed by atoms with Crippen LogP contribution >= 0.6 is 0 Å². The highest BCUT2D eigenvalue weighted by Gasteiger charge is 2.32. The first-order valence-electron chi connectivity index (χ1n) is 8.95. The van der Waals surface area contributed by atoms with Crippen LogP contribution in [-0.2, 0) is 6.18 Å². The van der Waals surface area contributed by atoms with Gasteiger partial charge in [-0.05, 0) is 42.3 Å². The van der Waals surface area contributed by atoms with E-state index >= 15 is 0 Å². The molecule has 146 valence electrons. The van der Waals surface area contributed by atoms with Gasteiger partial charge in [0, 0.05) is 24.2 Å². The molecule has 0 amide bonds. The second-order valence-corrected chi connectivity index (χ2v) is 6.68. The first-order valence-corrected chi connectivity index (χ1v) is 8.95. The van der Waals surface area contributed by atoms with E-state index in [4.69, 9.17) is 0 Å². The molecule has 2 aromatic carbocycles. The van der Waals surface area contributed by atoms with E-state index in [1.807, 2.05) is 43.3 Å². The van der Waals surface area contributed by atoms with Crippen molar-refractivity contribution in [2.75, 3.05) is 12.4 Å². The molecule has 0 bridgehead atoms. The normalized spacial score (nSPS) is 11.6. The molecule has 0 spiro atoms. The molecule has 29 heavy (non-hydrogen) atoms. The number of pyridine rings is 1. The maximum atomic E-state index is 12.7. The summed E-state index contributed by atoms with van der Waals surface area (Å²) in [5.41, 5.74) is 3.45. The van der Waals surface area contributed by atoms with Gasteiger partial charge in [-0.2, -0.15) is 13.2 Å². The van der Waals surface area contributed by atoms with Gasteiger partial charge in [0.2, 0.25) is 0 Å². The molecule has 0 aliphatic heterocycles. The number of alkyl halides is 3. The largest absolute Gasteiger partial charge is 0.433 e. The van der Waals surface area contributed by atoms with Crippen molar-refractivity contribution in [2.45, 2.75) is 13.1 Å². The van der Waals surface area contributed by atoms with Crippen LogP contribution in [0.15, 0.2) is 60.8 Å². The first-order chi connectivity index (χ1) is 13.8. The molecule has 4 rings (SSSR count). The Morgan fingerprint density at radius 2 is 1.62 bits per heavy atom. The van der Waals surface area contributed by atoms with Crippen molar-refractivity contribution in [3.05, 3.63) is 72.1 Å². The van der Waals surface area contributed by atoms with Gasteiger partial charge < -0.3 is 5.32 Å². The summed E-state index contributed by atoms with van der Waals surface area (Å²) in [6.07, 6.45) is -3.34. The maximum Gasteiger partial charge on any atom is 0.433 e. The molecular weight excluding hydrogens is 377 g/mol. The van der Waals surface area contributed by atoms with E-state index < -0.39 is 11.9 Å². The van der Waals surface area contributed by atoms with E-state index in [0.717, 1.165) is 34.3 Å². The average molecular weight is 394 g/mol. The molecule has 0 aliphatic carbocycles. The van der Waals surface area contributed by atoms with Gasteiger partial charge in [0.25, 0.3) is 0 Å². The van der Waals surface area contributed by atoms with Crippen molar-refractivity contribution in [2.24, 2.45) is 0 Å². The van der Waals surface area contributed by atoms with Crippen molar-refractivity contribution in [3.8, 4) is 22.5 Å². The summed E-state index contributed by atoms with van der Waals surface area (Å²) < 4.78 is 38.2. The molecular formula is C22H17F3N4. The molecule has 0 saturated heterocycles. The molecule has 2 heterocycles. The summed E-state index contributed by atoms with van der Waals surface area (Å²) in [6, 6.07) is 16.3. The number of nitrogens with one attached hydrogen (secondary N) is 1. The van der Waals surface area contributed by atoms with Gasteiger partial charge in [-0.15, -0.1) is 0 Å². The lowest BCUT2D eigenvalue weighted by Gasteiger charge is -2.11. The summed E-state index contributed by atoms with van der Waals surface area (Å²) in [5.74, 6) is 0.908. The van der Waals surface area contributed by atoms with Crippen LogP contribution in [0.5, 0.6) is 0 Å². The third kappa shape index (κ3) is 3.76. The predicted octanol–water partition coefficient (Wildman–Crippen LogP) is 5.73. The first kappa shape index (κ1) is 18.9. The lowest BCUT2D eigenvalue weighted by atomic mass is 10.0. The number of aromatic nitrogens is 3. The van der Waals surface area contributed by atoms with Crippen LogP contribution in [0.1, 0.15) is 11.3 Å². The quantitative estimate of drug-likeness (QED) is 0.482. The zero-order valence-corrected chi connectivity index (χ0v) is 15.7. The van der Waals surface area contributed by atoms with Crippen LogP contribution in [0.25, 0.3) is 33.4 Å². The number of hydrogen-bond acceptors (Lipinski definition) is 4. The minimum Gasteiger partial charge on any atom is -0.373 e. The van der Waals surface area contributed by atoms with Crippen LogP contribution in [0.2, 0.25) is 0 Å². The van der Waals surface area contributed by atoms with Crippen molar-refractivity contribution < 1.29 is 13.2 Å². The molecule has 0 atom stereocenters. The lowest BCUT2D eigenvalue weighted by Crippen LogP contribution is -2.07. The number of aryl methyl sites for hydroxylation is 1. The van der Waals surface area contributed by atoms with E-state index in [0.29, 0.717) is 22.7 Å². The zero-order valence-electron chi connectivity index (χ0n) is 15.7. The summed E-state index contributed by atoms with van der Waals surface area (Å²) in [6.45, 7) is 2.04. The van der Waals surface area contributed by atoms with Gasteiger partial charge in [0.1, 0.15) is 11.5 Å². The maximum absolute atomic E-state index is 12.7. The second-order valence-electron chi connectivity index (χ2n) is 6.68. The van der Waals surface area contributed by atoms with Crippen molar-refractivity contribution in [1.29, 1.82) is 0 Å². The van der Waals surface area contributed by atoms with Crippen LogP contribution < -0.4 is 5.32 Å². The molecule has 4 aromatic rings. The molecule has 0 aliphatic rings. The minimum absolute atomic E-state index is 0.311. The van der Waals surface area contributed by atoms with Gasteiger partial charge in [-0.3, -0.25) is 4.98 Å². The van der Waals surface area contributed by atoms with Crippen molar-refractivity contribution in [3.63, 3.8) is 0 Å². The van der Waals surface area contributed by atoms with Gasteiger partial charge >= 0.3 is 6.18 Å². The number of hydrogen-bond donors (Lipinski definition) is 1. The molecule has 0 fully saturated rings. The summed E-state index contributed by atoms with van der Waals surface area (Å²) in [5, 5.41) is 3.88. The van der Waals surface area contributed by atoms with Crippen LogP contribution in [-0.4, -0.2) is 22.0 Å². The van der Waals surface area contributed by atoms with E-state index in [-0.39, 0.29) is 0 Å². The Labute approximate surface area is 165 Å². The molecule has 0 unspecified atom stereocenters. The number of rotatable bonds is 3. The van der Waals surface area contributed by atoms with Gasteiger partial charge in [-0.1, -0.05) is 35.9 Å². The fourth-order valence-corrected chi connectivity index (χ4v) is 3.15. The fourth-order valence-electron chi connectivity index (χ4n) is 3.15. The summed E-state index contributed by atoms with van der Waals surface area (Å²) in [7, 11) is 1.75. The van der Waals surface area contributed by atoms with E-state index in [9.17, 15) is 13.2 Å². The monoisotopic (exact) mass is 394 g/mol. The standard InChI is InChI=1S/C22H17F3N4/c1-13-4-3-5-14(10-13)15-6-8-18-17(11-15)21(26-2)29-20(28-18)16-7-9-19(27-12-16)22(23,24)25/h3-12H,1-2H3,(H,26,28,29). The van der Waals surface area contributed by atoms with Crippen molar-refractivity contribution in [1.82, 2.24) is 15.0 Å². The molecule has 2 aromatic heterocycles. The van der Waals surface area contributed by atoms with Crippen LogP contribution in [0.4, 0.5) is 19.0 Å². The Bertz CT molecular complexity index is 1190. The van der Waals surface area contributed by atoms with Gasteiger partial charge in [0.15, 0.2) is 5.82 Å². The average Bonchev–Trinajstić information content (AvgIpc) is 2.72. The smallest absolute Gasteiger partial charge is 0.373 e. The highest BCUT2D eigenvalue weighted by molar-refractivity contribution is 5.93. The number of halogens is 3. The van der Waals surface area contributed by atoms with E-state index in [1.165, 1.54) is 6.07 Å². The highest BCUT2D eigenvalue weighted by atomic mass is 19.4. The van der Waals surface area contributed by atoms with E-state index in [1.54, 1.807) is 7.05 Å². The fraction of sp³-hybridized carbons (Fsp3) is 0.136. The Balaban J connectivity index is 1.79. The summed E-state index contributed by atoms with van der Waals surface area (Å²) in [4.78, 5) is 12.5. The molecule has 1 N–H and O–H groups in total. The Morgan fingerprint density at radius 1 is 0.862 bits per heavy atom. The topological polar surface area (TPSA) is 50.7 Å². The Morgan fingerprint density at radius 3 is 2.28 bits per heavy atom. The number of benzene rings is 2. The molecule has 0 radical (unpaired) electrons. The number of anilines is 1. The summed E-state index contributed by atoms with van der Waals surface area (Å²) >= 11 is 0. The van der Waals surface area contributed by atoms with Crippen LogP contribution in [0.3, 0.4) is 0 Å². The minimum atomic E-state index is -4.48. The molecule has 0 saturated carbocycles. The second kappa shape index (κ2) is 7.16. The Hall–Kier alpha value is -3.48.